The van der Waals surface area contributed by atoms with E-state index in [-0.39, 0.29) is 5.91 Å². The van der Waals surface area contributed by atoms with Crippen molar-refractivity contribution in [3.63, 3.8) is 0 Å². The van der Waals surface area contributed by atoms with Crippen molar-refractivity contribution in [1.29, 1.82) is 0 Å². The average molecular weight is 236 g/mol. The van der Waals surface area contributed by atoms with Crippen molar-refractivity contribution >= 4 is 17.6 Å². The van der Waals surface area contributed by atoms with Gasteiger partial charge in [-0.2, -0.15) is 0 Å². The van der Waals surface area contributed by atoms with E-state index in [0.717, 1.165) is 0 Å². The van der Waals surface area contributed by atoms with E-state index in [2.05, 4.69) is 10.6 Å². The summed E-state index contributed by atoms with van der Waals surface area (Å²) in [5, 5.41) is 4.79. The minimum absolute atomic E-state index is 0.284. The number of anilines is 1. The molecule has 0 bridgehead atoms. The fraction of sp³-hybridized carbons (Fsp3) is 0.333. The first-order valence-corrected chi connectivity index (χ1v) is 5.40. The number of amides is 3. The standard InChI is InChI=1S/C12H16N2O3/c1-3-5-11(15)14-12(16)13-9-6-4-7-10(8-9)17-2/h4,6-8H,3,5H2,1-2H3,(H2,13,14,15,16). The van der Waals surface area contributed by atoms with Crippen LogP contribution in [-0.2, 0) is 4.79 Å². The van der Waals surface area contributed by atoms with Crippen LogP contribution in [0.3, 0.4) is 0 Å². The topological polar surface area (TPSA) is 67.4 Å². The van der Waals surface area contributed by atoms with Crippen molar-refractivity contribution in [2.45, 2.75) is 19.8 Å². The predicted octanol–water partition coefficient (Wildman–Crippen LogP) is 2.14. The van der Waals surface area contributed by atoms with E-state index >= 15 is 0 Å². The summed E-state index contributed by atoms with van der Waals surface area (Å²) in [6.45, 7) is 1.87. The summed E-state index contributed by atoms with van der Waals surface area (Å²) in [7, 11) is 1.55. The van der Waals surface area contributed by atoms with E-state index in [0.29, 0.717) is 24.3 Å². The Morgan fingerprint density at radius 1 is 1.35 bits per heavy atom. The molecule has 0 aromatic heterocycles. The number of rotatable bonds is 4. The Labute approximate surface area is 100 Å². The van der Waals surface area contributed by atoms with Gasteiger partial charge in [-0.25, -0.2) is 4.79 Å². The van der Waals surface area contributed by atoms with Gasteiger partial charge in [-0.05, 0) is 18.6 Å². The molecule has 0 saturated carbocycles. The van der Waals surface area contributed by atoms with E-state index < -0.39 is 6.03 Å². The molecule has 0 radical (unpaired) electrons. The van der Waals surface area contributed by atoms with E-state index in [4.69, 9.17) is 4.74 Å². The second-order valence-corrected chi connectivity index (χ2v) is 3.48. The van der Waals surface area contributed by atoms with Crippen molar-refractivity contribution < 1.29 is 14.3 Å². The van der Waals surface area contributed by atoms with Gasteiger partial charge in [0.05, 0.1) is 7.11 Å². The number of methoxy groups -OCH3 is 1. The average Bonchev–Trinajstić information content (AvgIpc) is 2.29. The Hall–Kier alpha value is -2.04. The van der Waals surface area contributed by atoms with Crippen LogP contribution < -0.4 is 15.4 Å². The summed E-state index contributed by atoms with van der Waals surface area (Å²) in [6.07, 6.45) is 1.05. The second-order valence-electron chi connectivity index (χ2n) is 3.48. The largest absolute Gasteiger partial charge is 0.497 e. The van der Waals surface area contributed by atoms with Gasteiger partial charge in [0, 0.05) is 18.2 Å². The molecule has 1 aromatic rings. The molecule has 0 aliphatic carbocycles. The molecule has 0 aliphatic heterocycles. The molecule has 2 N–H and O–H groups in total. The third kappa shape index (κ3) is 4.55. The first kappa shape index (κ1) is 13.0. The normalized spacial score (nSPS) is 9.53. The third-order valence-electron chi connectivity index (χ3n) is 2.06. The maximum atomic E-state index is 11.4. The predicted molar refractivity (Wildman–Crippen MR) is 65.1 cm³/mol. The Morgan fingerprint density at radius 2 is 2.12 bits per heavy atom. The molecule has 0 fully saturated rings. The highest BCUT2D eigenvalue weighted by Gasteiger charge is 2.06. The van der Waals surface area contributed by atoms with Crippen LogP contribution in [0.1, 0.15) is 19.8 Å². The maximum Gasteiger partial charge on any atom is 0.325 e. The fourth-order valence-electron chi connectivity index (χ4n) is 1.28. The quantitative estimate of drug-likeness (QED) is 0.841. The first-order chi connectivity index (χ1) is 8.15. The molecule has 1 aromatic carbocycles. The zero-order valence-electron chi connectivity index (χ0n) is 9.95. The van der Waals surface area contributed by atoms with Crippen molar-refractivity contribution in [1.82, 2.24) is 5.32 Å². The number of hydrogen-bond acceptors (Lipinski definition) is 3. The molecule has 0 heterocycles. The molecule has 3 amide bonds. The number of benzene rings is 1. The molecule has 0 aliphatic rings. The van der Waals surface area contributed by atoms with Crippen molar-refractivity contribution in [3.8, 4) is 5.75 Å². The van der Waals surface area contributed by atoms with Crippen LogP contribution in [0.4, 0.5) is 10.5 Å². The van der Waals surface area contributed by atoms with Crippen LogP contribution in [0.2, 0.25) is 0 Å². The summed E-state index contributed by atoms with van der Waals surface area (Å²) in [4.78, 5) is 22.6. The lowest BCUT2D eigenvalue weighted by atomic mass is 10.3. The second kappa shape index (κ2) is 6.52. The van der Waals surface area contributed by atoms with Gasteiger partial charge in [-0.3, -0.25) is 10.1 Å². The molecular formula is C12H16N2O3. The molecular weight excluding hydrogens is 220 g/mol. The van der Waals surface area contributed by atoms with Gasteiger partial charge in [0.1, 0.15) is 5.75 Å². The zero-order valence-corrected chi connectivity index (χ0v) is 9.95. The van der Waals surface area contributed by atoms with Gasteiger partial charge in [-0.15, -0.1) is 0 Å². The molecule has 0 spiro atoms. The molecule has 92 valence electrons. The number of carbonyl (C=O) groups excluding carboxylic acids is 2. The van der Waals surface area contributed by atoms with Crippen LogP contribution in [0.5, 0.6) is 5.75 Å². The fourth-order valence-corrected chi connectivity index (χ4v) is 1.28. The zero-order chi connectivity index (χ0) is 12.7. The maximum absolute atomic E-state index is 11.4. The van der Waals surface area contributed by atoms with Gasteiger partial charge >= 0.3 is 6.03 Å². The van der Waals surface area contributed by atoms with Gasteiger partial charge in [-0.1, -0.05) is 13.0 Å². The minimum Gasteiger partial charge on any atom is -0.497 e. The summed E-state index contributed by atoms with van der Waals surface area (Å²) < 4.78 is 5.02. The Bertz CT molecular complexity index is 404. The first-order valence-electron chi connectivity index (χ1n) is 5.40. The number of ether oxygens (including phenoxy) is 1. The van der Waals surface area contributed by atoms with E-state index in [1.165, 1.54) is 0 Å². The van der Waals surface area contributed by atoms with Gasteiger partial charge < -0.3 is 10.1 Å². The highest BCUT2D eigenvalue weighted by Crippen LogP contribution is 2.16. The molecule has 5 heteroatoms. The van der Waals surface area contributed by atoms with Gasteiger partial charge in [0.2, 0.25) is 5.91 Å². The summed E-state index contributed by atoms with van der Waals surface area (Å²) >= 11 is 0. The summed E-state index contributed by atoms with van der Waals surface area (Å²) in [5.41, 5.74) is 0.575. The summed E-state index contributed by atoms with van der Waals surface area (Å²) in [6, 6.07) is 6.38. The Morgan fingerprint density at radius 3 is 2.76 bits per heavy atom. The summed E-state index contributed by atoms with van der Waals surface area (Å²) in [5.74, 6) is 0.357. The molecule has 1 rings (SSSR count). The van der Waals surface area contributed by atoms with E-state index in [9.17, 15) is 9.59 Å². The van der Waals surface area contributed by atoms with Crippen molar-refractivity contribution in [3.05, 3.63) is 24.3 Å². The van der Waals surface area contributed by atoms with Crippen LogP contribution in [-0.4, -0.2) is 19.0 Å². The highest BCUT2D eigenvalue weighted by molar-refractivity contribution is 6.01. The van der Waals surface area contributed by atoms with E-state index in [1.807, 2.05) is 6.92 Å². The highest BCUT2D eigenvalue weighted by atomic mass is 16.5. The molecule has 17 heavy (non-hydrogen) atoms. The lowest BCUT2D eigenvalue weighted by Crippen LogP contribution is -2.34. The Balaban J connectivity index is 2.52. The van der Waals surface area contributed by atoms with Crippen LogP contribution >= 0.6 is 0 Å². The smallest absolute Gasteiger partial charge is 0.325 e. The SMILES string of the molecule is CCCC(=O)NC(=O)Nc1cccc(OC)c1. The number of nitrogens with one attached hydrogen (secondary N) is 2. The lowest BCUT2D eigenvalue weighted by Gasteiger charge is -2.07. The van der Waals surface area contributed by atoms with Crippen LogP contribution in [0.15, 0.2) is 24.3 Å². The molecule has 0 saturated heterocycles. The third-order valence-corrected chi connectivity index (χ3v) is 2.06. The van der Waals surface area contributed by atoms with Crippen molar-refractivity contribution in [2.75, 3.05) is 12.4 Å². The monoisotopic (exact) mass is 236 g/mol. The van der Waals surface area contributed by atoms with Crippen LogP contribution in [0.25, 0.3) is 0 Å². The van der Waals surface area contributed by atoms with Crippen LogP contribution in [0, 0.1) is 0 Å². The van der Waals surface area contributed by atoms with Gasteiger partial charge in [0.15, 0.2) is 0 Å². The molecule has 0 atom stereocenters. The number of carbonyl (C=O) groups is 2. The number of hydrogen-bond donors (Lipinski definition) is 2. The van der Waals surface area contributed by atoms with Crippen molar-refractivity contribution in [2.24, 2.45) is 0 Å². The molecule has 0 unspecified atom stereocenters. The lowest BCUT2D eigenvalue weighted by molar-refractivity contribution is -0.119. The number of urea groups is 1. The van der Waals surface area contributed by atoms with Gasteiger partial charge in [0.25, 0.3) is 0 Å². The minimum atomic E-state index is -0.531. The Kier molecular flexibility index (Phi) is 5.00. The number of imide groups is 1. The molecule has 5 nitrogen and oxygen atoms in total. The van der Waals surface area contributed by atoms with E-state index in [1.54, 1.807) is 31.4 Å².